The van der Waals surface area contributed by atoms with Gasteiger partial charge in [0.25, 0.3) is 0 Å². The molecule has 1 heterocycles. The molecule has 1 rings (SSSR count). The highest BCUT2D eigenvalue weighted by Crippen LogP contribution is 1.97. The molecule has 1 aliphatic rings. The number of rotatable bonds is 2. The molecule has 1 aliphatic heterocycles. The third-order valence-corrected chi connectivity index (χ3v) is 1.12. The third kappa shape index (κ3) is 1.22. The van der Waals surface area contributed by atoms with Crippen molar-refractivity contribution in [2.24, 2.45) is 4.99 Å². The fourth-order valence-electron chi connectivity index (χ4n) is 0.740. The monoisotopic (exact) mass is 106 g/mol. The van der Waals surface area contributed by atoms with Crippen molar-refractivity contribution < 1.29 is 0 Å². The third-order valence-electron chi connectivity index (χ3n) is 1.12. The van der Waals surface area contributed by atoms with Crippen LogP contribution < -0.4 is 0 Å². The van der Waals surface area contributed by atoms with E-state index in [1.165, 1.54) is 12.0 Å². The molecule has 0 aromatic rings. The minimum Gasteiger partial charge on any atom is -0.277 e. The van der Waals surface area contributed by atoms with Crippen molar-refractivity contribution in [3.63, 3.8) is 0 Å². The smallest absolute Gasteiger partial charge is 0.203 e. The van der Waals surface area contributed by atoms with E-state index in [1.54, 1.807) is 0 Å². The minimum atomic E-state index is 1.12. The Morgan fingerprint density at radius 3 is 3.12 bits per heavy atom. The summed E-state index contributed by atoms with van der Waals surface area (Å²) in [6, 6.07) is 0. The van der Waals surface area contributed by atoms with Gasteiger partial charge in [-0.1, -0.05) is 19.3 Å². The molecule has 0 spiro atoms. The Hall–Kier alpha value is -0.525. The predicted molar refractivity (Wildman–Crippen MR) is 37.2 cm³/mol. The van der Waals surface area contributed by atoms with E-state index in [-0.39, 0.29) is 0 Å². The van der Waals surface area contributed by atoms with Crippen molar-refractivity contribution in [3.8, 4) is 0 Å². The molecule has 0 aromatic heterocycles. The van der Waals surface area contributed by atoms with Gasteiger partial charge in [0.1, 0.15) is 0 Å². The summed E-state index contributed by atoms with van der Waals surface area (Å²) >= 11 is 0. The zero-order valence-corrected chi connectivity index (χ0v) is 5.09. The number of aliphatic imine (C=N–C) groups is 1. The van der Waals surface area contributed by atoms with Gasteiger partial charge in [-0.05, 0) is 12.0 Å². The molecule has 1 nitrogen and oxygen atoms in total. The van der Waals surface area contributed by atoms with E-state index in [4.69, 9.17) is 0 Å². The number of nitrogens with zero attached hydrogens (tertiary/aromatic N) is 1. The van der Waals surface area contributed by atoms with Crippen molar-refractivity contribution in [2.45, 2.75) is 19.8 Å². The van der Waals surface area contributed by atoms with Gasteiger partial charge in [0, 0.05) is 6.20 Å². The van der Waals surface area contributed by atoms with Crippen LogP contribution in [-0.4, -0.2) is 12.9 Å². The van der Waals surface area contributed by atoms with Crippen LogP contribution in [0.3, 0.4) is 0 Å². The van der Waals surface area contributed by atoms with Gasteiger partial charge < -0.3 is 0 Å². The molecule has 0 aliphatic carbocycles. The Kier molecular flexibility index (Phi) is 1.89. The van der Waals surface area contributed by atoms with E-state index >= 15 is 0 Å². The number of hydrogen-bond acceptors (Lipinski definition) is 1. The first-order chi connectivity index (χ1) is 3.93. The lowest BCUT2D eigenvalue weighted by Crippen LogP contribution is -2.01. The average molecular weight is 106 g/mol. The summed E-state index contributed by atoms with van der Waals surface area (Å²) in [7, 11) is 2.06. The first kappa shape index (κ1) is 5.61. The van der Waals surface area contributed by atoms with Crippen LogP contribution >= 0.6 is 0 Å². The van der Waals surface area contributed by atoms with E-state index < -0.39 is 0 Å². The van der Waals surface area contributed by atoms with Crippen molar-refractivity contribution in [3.05, 3.63) is 12.2 Å². The van der Waals surface area contributed by atoms with Gasteiger partial charge in [0.05, 0.1) is 0 Å². The largest absolute Gasteiger partial charge is 0.277 e. The van der Waals surface area contributed by atoms with Gasteiger partial charge in [0.15, 0.2) is 0 Å². The van der Waals surface area contributed by atoms with E-state index in [0.29, 0.717) is 0 Å². The molecule has 0 atom stereocenters. The quantitative estimate of drug-likeness (QED) is 0.471. The second-order valence-electron chi connectivity index (χ2n) is 1.88. The van der Waals surface area contributed by atoms with E-state index in [9.17, 15) is 0 Å². The normalized spacial score (nSPS) is 15.9. The highest BCUT2D eigenvalue weighted by atomic mass is 14.7. The van der Waals surface area contributed by atoms with Crippen LogP contribution in [0, 0.1) is 0 Å². The van der Waals surface area contributed by atoms with Crippen LogP contribution in [0.25, 0.3) is 0 Å². The summed E-state index contributed by atoms with van der Waals surface area (Å²) in [6.07, 6.45) is 4.15. The van der Waals surface area contributed by atoms with E-state index in [1.807, 2.05) is 12.2 Å². The van der Waals surface area contributed by atoms with Gasteiger partial charge >= 0.3 is 0 Å². The van der Waals surface area contributed by atoms with Crippen LogP contribution in [0.2, 0.25) is 0 Å². The maximum Gasteiger partial charge on any atom is 0.203 e. The molecular weight excluding hydrogens is 96.9 g/mol. The van der Waals surface area contributed by atoms with E-state index in [2.05, 4.69) is 19.2 Å². The Morgan fingerprint density at radius 1 is 1.75 bits per heavy atom. The van der Waals surface area contributed by atoms with Gasteiger partial charge in [-0.2, -0.15) is 0 Å². The van der Waals surface area contributed by atoms with Crippen LogP contribution in [0.15, 0.2) is 17.2 Å². The first-order valence-electron chi connectivity index (χ1n) is 3.00. The lowest BCUT2D eigenvalue weighted by Gasteiger charge is -1.90. The molecule has 0 unspecified atom stereocenters. The molecule has 0 saturated heterocycles. The van der Waals surface area contributed by atoms with Crippen molar-refractivity contribution in [2.75, 3.05) is 0 Å². The van der Waals surface area contributed by atoms with Crippen LogP contribution in [0.1, 0.15) is 19.8 Å². The van der Waals surface area contributed by atoms with Gasteiger partial charge in [0.2, 0.25) is 7.28 Å². The molecular formula is C6H9BN. The van der Waals surface area contributed by atoms with Gasteiger partial charge in [-0.25, -0.2) is 0 Å². The molecule has 41 valence electrons. The van der Waals surface area contributed by atoms with Crippen molar-refractivity contribution >= 4 is 12.9 Å². The van der Waals surface area contributed by atoms with Crippen LogP contribution in [0.5, 0.6) is 0 Å². The summed E-state index contributed by atoms with van der Waals surface area (Å²) in [4.78, 5) is 4.11. The molecule has 1 radical (unpaired) electrons. The standard InChI is InChI=1S/C6H9BN/c1-2-3-6-7-4-5-8-6/h4-5H,2-3H2,1H3. The summed E-state index contributed by atoms with van der Waals surface area (Å²) in [5.74, 6) is 1.98. The molecule has 8 heavy (non-hydrogen) atoms. The lowest BCUT2D eigenvalue weighted by atomic mass is 9.73. The zero-order chi connectivity index (χ0) is 5.82. The summed E-state index contributed by atoms with van der Waals surface area (Å²) in [5.41, 5.74) is 1.22. The zero-order valence-electron chi connectivity index (χ0n) is 5.09. The summed E-state index contributed by atoms with van der Waals surface area (Å²) in [6.45, 7) is 2.16. The van der Waals surface area contributed by atoms with Crippen LogP contribution in [-0.2, 0) is 0 Å². The Morgan fingerprint density at radius 2 is 2.62 bits per heavy atom. The maximum atomic E-state index is 4.11. The summed E-state index contributed by atoms with van der Waals surface area (Å²) in [5, 5.41) is 0. The molecule has 0 aromatic carbocycles. The maximum absolute atomic E-state index is 4.11. The van der Waals surface area contributed by atoms with Crippen LogP contribution in [0.4, 0.5) is 0 Å². The first-order valence-corrected chi connectivity index (χ1v) is 3.00. The highest BCUT2D eigenvalue weighted by Gasteiger charge is 1.99. The molecule has 0 N–H and O–H groups in total. The van der Waals surface area contributed by atoms with E-state index in [0.717, 1.165) is 6.42 Å². The fraction of sp³-hybridized carbons (Fsp3) is 0.500. The molecule has 0 saturated carbocycles. The second kappa shape index (κ2) is 2.70. The van der Waals surface area contributed by atoms with Crippen molar-refractivity contribution in [1.82, 2.24) is 0 Å². The predicted octanol–water partition coefficient (Wildman–Crippen LogP) is 1.37. The Balaban J connectivity index is 2.28. The second-order valence-corrected chi connectivity index (χ2v) is 1.88. The molecule has 2 heteroatoms. The Labute approximate surface area is 50.8 Å². The Bertz CT molecular complexity index is 126. The lowest BCUT2D eigenvalue weighted by molar-refractivity contribution is 1.00. The highest BCUT2D eigenvalue weighted by molar-refractivity contribution is 6.80. The van der Waals surface area contributed by atoms with Crippen molar-refractivity contribution in [1.29, 1.82) is 0 Å². The number of hydrogen-bond donors (Lipinski definition) is 0. The van der Waals surface area contributed by atoms with Gasteiger partial charge in [-0.15, -0.1) is 0 Å². The molecule has 0 amide bonds. The average Bonchev–Trinajstić information content (AvgIpc) is 2.19. The molecule has 0 bridgehead atoms. The summed E-state index contributed by atoms with van der Waals surface area (Å²) < 4.78 is 0. The minimum absolute atomic E-state index is 1.12. The topological polar surface area (TPSA) is 12.4 Å². The SMILES string of the molecule is CCCC1=NC=C[B]1. The molecule has 0 fully saturated rings. The van der Waals surface area contributed by atoms with Gasteiger partial charge in [-0.3, -0.25) is 4.99 Å². The fourth-order valence-corrected chi connectivity index (χ4v) is 0.740.